The molecule has 1 aromatic heterocycles. The van der Waals surface area contributed by atoms with Crippen LogP contribution in [0.1, 0.15) is 0 Å². The predicted octanol–water partition coefficient (Wildman–Crippen LogP) is 4.64. The largest absolute Gasteiger partial charge is 0.344 e. The van der Waals surface area contributed by atoms with Crippen LogP contribution in [0.25, 0.3) is 22.2 Å². The number of fused-ring (bicyclic) bond motifs is 1. The second kappa shape index (κ2) is 4.14. The molecule has 0 aliphatic heterocycles. The number of benzene rings is 2. The van der Waals surface area contributed by atoms with E-state index in [2.05, 4.69) is 0 Å². The summed E-state index contributed by atoms with van der Waals surface area (Å²) >= 11 is 5.83. The average molecular weight is 260 g/mol. The first kappa shape index (κ1) is 11.3. The highest BCUT2D eigenvalue weighted by Gasteiger charge is 2.13. The van der Waals surface area contributed by atoms with E-state index >= 15 is 0 Å². The minimum Gasteiger partial charge on any atom is -0.344 e. The van der Waals surface area contributed by atoms with Crippen molar-refractivity contribution < 1.29 is 4.39 Å². The van der Waals surface area contributed by atoms with E-state index in [1.165, 1.54) is 0 Å². The van der Waals surface area contributed by atoms with Gasteiger partial charge in [0.2, 0.25) is 0 Å². The quantitative estimate of drug-likeness (QED) is 0.600. The molecule has 3 heteroatoms. The number of rotatable bonds is 1. The molecule has 0 unspecified atom stereocenters. The van der Waals surface area contributed by atoms with Crippen molar-refractivity contribution in [3.63, 3.8) is 0 Å². The van der Waals surface area contributed by atoms with Gasteiger partial charge in [0.05, 0.1) is 10.7 Å². The minimum absolute atomic E-state index is 0.151. The summed E-state index contributed by atoms with van der Waals surface area (Å²) in [6.07, 6.45) is 0. The summed E-state index contributed by atoms with van der Waals surface area (Å²) in [6, 6.07) is 15.0. The first-order valence-corrected chi connectivity index (χ1v) is 6.05. The van der Waals surface area contributed by atoms with E-state index in [4.69, 9.17) is 11.6 Å². The van der Waals surface area contributed by atoms with Crippen LogP contribution in [0.3, 0.4) is 0 Å². The third-order valence-electron chi connectivity index (χ3n) is 3.18. The lowest BCUT2D eigenvalue weighted by Crippen LogP contribution is -1.93. The molecular weight excluding hydrogens is 249 g/mol. The van der Waals surface area contributed by atoms with E-state index in [0.29, 0.717) is 5.56 Å². The molecule has 0 amide bonds. The van der Waals surface area contributed by atoms with Crippen molar-refractivity contribution in [2.75, 3.05) is 0 Å². The van der Waals surface area contributed by atoms with Crippen LogP contribution in [0, 0.1) is 5.82 Å². The summed E-state index contributed by atoms with van der Waals surface area (Å²) in [5.74, 6) is -0.370. The molecule has 0 N–H and O–H groups in total. The van der Waals surface area contributed by atoms with E-state index in [1.807, 2.05) is 41.9 Å². The smallest absolute Gasteiger partial charge is 0.151 e. The molecule has 3 aromatic rings. The zero-order valence-corrected chi connectivity index (χ0v) is 10.6. The van der Waals surface area contributed by atoms with Gasteiger partial charge >= 0.3 is 0 Å². The molecule has 0 saturated heterocycles. The molecule has 0 fully saturated rings. The lowest BCUT2D eigenvalue weighted by atomic mass is 10.1. The molecule has 0 aliphatic rings. The average Bonchev–Trinajstić information content (AvgIpc) is 2.71. The van der Waals surface area contributed by atoms with Gasteiger partial charge in [-0.3, -0.25) is 0 Å². The zero-order chi connectivity index (χ0) is 12.7. The van der Waals surface area contributed by atoms with E-state index < -0.39 is 0 Å². The maximum atomic E-state index is 14.1. The first-order valence-electron chi connectivity index (χ1n) is 5.67. The van der Waals surface area contributed by atoms with Gasteiger partial charge in [0.1, 0.15) is 0 Å². The molecule has 3 rings (SSSR count). The van der Waals surface area contributed by atoms with Gasteiger partial charge in [0.15, 0.2) is 5.82 Å². The van der Waals surface area contributed by atoms with E-state index in [0.717, 1.165) is 16.6 Å². The monoisotopic (exact) mass is 259 g/mol. The van der Waals surface area contributed by atoms with E-state index in [9.17, 15) is 4.39 Å². The molecule has 90 valence electrons. The summed E-state index contributed by atoms with van der Waals surface area (Å²) in [6.45, 7) is 0. The number of halogens is 2. The maximum absolute atomic E-state index is 14.1. The van der Waals surface area contributed by atoms with Crippen LogP contribution in [0.15, 0.2) is 48.5 Å². The van der Waals surface area contributed by atoms with Gasteiger partial charge in [-0.2, -0.15) is 0 Å². The van der Waals surface area contributed by atoms with Crippen LogP contribution < -0.4 is 0 Å². The van der Waals surface area contributed by atoms with Crippen molar-refractivity contribution in [1.82, 2.24) is 4.57 Å². The molecule has 0 bridgehead atoms. The van der Waals surface area contributed by atoms with Crippen molar-refractivity contribution in [3.8, 4) is 11.3 Å². The van der Waals surface area contributed by atoms with E-state index in [1.54, 1.807) is 18.2 Å². The predicted molar refractivity (Wildman–Crippen MR) is 73.3 cm³/mol. The Morgan fingerprint density at radius 3 is 2.61 bits per heavy atom. The van der Waals surface area contributed by atoms with Crippen molar-refractivity contribution in [2.45, 2.75) is 0 Å². The van der Waals surface area contributed by atoms with Crippen LogP contribution in [-0.2, 0) is 7.05 Å². The molecule has 0 spiro atoms. The normalized spacial score (nSPS) is 11.1. The molecule has 0 atom stereocenters. The first-order chi connectivity index (χ1) is 8.68. The van der Waals surface area contributed by atoms with Gasteiger partial charge in [-0.15, -0.1) is 0 Å². The Morgan fingerprint density at radius 2 is 1.83 bits per heavy atom. The topological polar surface area (TPSA) is 4.93 Å². The standard InChI is InChI=1S/C15H11ClFN/c1-18-13-8-3-2-5-10(13)9-14(18)11-6-4-7-12(16)15(11)17/h2-9H,1H3. The lowest BCUT2D eigenvalue weighted by molar-refractivity contribution is 0.630. The molecule has 0 saturated carbocycles. The number of nitrogens with zero attached hydrogens (tertiary/aromatic N) is 1. The number of hydrogen-bond donors (Lipinski definition) is 0. The van der Waals surface area contributed by atoms with Crippen LogP contribution in [-0.4, -0.2) is 4.57 Å². The summed E-state index contributed by atoms with van der Waals surface area (Å²) < 4.78 is 16.0. The molecule has 0 radical (unpaired) electrons. The van der Waals surface area contributed by atoms with Gasteiger partial charge in [-0.05, 0) is 24.3 Å². The minimum atomic E-state index is -0.370. The molecule has 1 heterocycles. The molecule has 0 aliphatic carbocycles. The molecule has 1 nitrogen and oxygen atoms in total. The molecular formula is C15H11ClFN. The van der Waals surface area contributed by atoms with Crippen molar-refractivity contribution in [1.29, 1.82) is 0 Å². The highest BCUT2D eigenvalue weighted by molar-refractivity contribution is 6.31. The Morgan fingerprint density at radius 1 is 1.06 bits per heavy atom. The van der Waals surface area contributed by atoms with Crippen molar-refractivity contribution >= 4 is 22.5 Å². The Labute approximate surface area is 109 Å². The summed E-state index contributed by atoms with van der Waals surface area (Å²) in [4.78, 5) is 0. The zero-order valence-electron chi connectivity index (χ0n) is 9.82. The van der Waals surface area contributed by atoms with Gasteiger partial charge in [-0.25, -0.2) is 4.39 Å². The SMILES string of the molecule is Cn1c(-c2cccc(Cl)c2F)cc2ccccc21. The number of para-hydroxylation sites is 1. The highest BCUT2D eigenvalue weighted by atomic mass is 35.5. The van der Waals surface area contributed by atoms with Crippen LogP contribution in [0.2, 0.25) is 5.02 Å². The van der Waals surface area contributed by atoms with Gasteiger partial charge in [0.25, 0.3) is 0 Å². The Balaban J connectivity index is 2.32. The second-order valence-electron chi connectivity index (χ2n) is 4.25. The number of hydrogen-bond acceptors (Lipinski definition) is 0. The Hall–Kier alpha value is -1.80. The fourth-order valence-corrected chi connectivity index (χ4v) is 2.42. The maximum Gasteiger partial charge on any atom is 0.151 e. The number of aromatic nitrogens is 1. The van der Waals surface area contributed by atoms with Crippen molar-refractivity contribution in [2.24, 2.45) is 7.05 Å². The third-order valence-corrected chi connectivity index (χ3v) is 3.47. The third kappa shape index (κ3) is 1.61. The fourth-order valence-electron chi connectivity index (χ4n) is 2.25. The fraction of sp³-hybridized carbons (Fsp3) is 0.0667. The van der Waals surface area contributed by atoms with Crippen molar-refractivity contribution in [3.05, 3.63) is 59.4 Å². The van der Waals surface area contributed by atoms with Crippen LogP contribution >= 0.6 is 11.6 Å². The summed E-state index contributed by atoms with van der Waals surface area (Å²) in [7, 11) is 1.93. The van der Waals surface area contributed by atoms with Crippen LogP contribution in [0.5, 0.6) is 0 Å². The summed E-state index contributed by atoms with van der Waals surface area (Å²) in [5.41, 5.74) is 2.43. The highest BCUT2D eigenvalue weighted by Crippen LogP contribution is 2.31. The second-order valence-corrected chi connectivity index (χ2v) is 4.66. The Bertz CT molecular complexity index is 730. The van der Waals surface area contributed by atoms with Gasteiger partial charge in [0, 0.05) is 23.5 Å². The van der Waals surface area contributed by atoms with Gasteiger partial charge in [-0.1, -0.05) is 35.9 Å². The van der Waals surface area contributed by atoms with Gasteiger partial charge < -0.3 is 4.57 Å². The Kier molecular flexibility index (Phi) is 2.60. The molecule has 2 aromatic carbocycles. The molecule has 18 heavy (non-hydrogen) atoms. The van der Waals surface area contributed by atoms with E-state index in [-0.39, 0.29) is 10.8 Å². The summed E-state index contributed by atoms with van der Waals surface area (Å²) in [5, 5.41) is 1.24. The number of aryl methyl sites for hydroxylation is 1. The van der Waals surface area contributed by atoms with Crippen LogP contribution in [0.4, 0.5) is 4.39 Å². The lowest BCUT2D eigenvalue weighted by Gasteiger charge is -2.06.